The van der Waals surface area contributed by atoms with Crippen LogP contribution in [0, 0.1) is 0 Å². The second-order valence-corrected chi connectivity index (χ2v) is 8.71. The molecule has 37 heavy (non-hydrogen) atoms. The number of aliphatic imine (C=N–C) groups is 1. The highest BCUT2D eigenvalue weighted by Crippen LogP contribution is 2.45. The topological polar surface area (TPSA) is 126 Å². The van der Waals surface area contributed by atoms with Gasteiger partial charge in [-0.2, -0.15) is 0 Å². The van der Waals surface area contributed by atoms with Gasteiger partial charge in [-0.15, -0.1) is 0 Å². The zero-order chi connectivity index (χ0) is 26.4. The molecule has 1 aromatic carbocycles. The van der Waals surface area contributed by atoms with Gasteiger partial charge in [-0.3, -0.25) is 4.99 Å². The maximum Gasteiger partial charge on any atom is 0.143 e. The van der Waals surface area contributed by atoms with Gasteiger partial charge in [0.15, 0.2) is 0 Å². The van der Waals surface area contributed by atoms with E-state index >= 15 is 0 Å². The maximum absolute atomic E-state index is 11.8. The van der Waals surface area contributed by atoms with Gasteiger partial charge in [0, 0.05) is 30.5 Å². The fourth-order valence-electron chi connectivity index (χ4n) is 3.83. The largest absolute Gasteiger partial charge is 0.859 e. The SMILES string of the molecule is C=CC([O-])=NC1CCOC[C@H]1Nc1cc(-c2cccnc2Nc2c(Cl)c(OC)cc(OC)c2Cl)ncn1. The van der Waals surface area contributed by atoms with E-state index < -0.39 is 0 Å². The molecule has 194 valence electrons. The highest BCUT2D eigenvalue weighted by molar-refractivity contribution is 6.41. The van der Waals surface area contributed by atoms with E-state index in [1.807, 2.05) is 6.07 Å². The van der Waals surface area contributed by atoms with Gasteiger partial charge < -0.3 is 30.0 Å². The van der Waals surface area contributed by atoms with Crippen LogP contribution in [0.4, 0.5) is 17.3 Å². The van der Waals surface area contributed by atoms with Crippen molar-refractivity contribution in [1.82, 2.24) is 15.0 Å². The smallest absolute Gasteiger partial charge is 0.143 e. The van der Waals surface area contributed by atoms with Crippen molar-refractivity contribution in [1.29, 1.82) is 0 Å². The summed E-state index contributed by atoms with van der Waals surface area (Å²) >= 11 is 13.1. The molecule has 10 nitrogen and oxygen atoms in total. The Morgan fingerprint density at radius 3 is 2.65 bits per heavy atom. The number of anilines is 3. The first kappa shape index (κ1) is 26.5. The number of hydrogen-bond donors (Lipinski definition) is 2. The Labute approximate surface area is 224 Å². The Balaban J connectivity index is 1.65. The van der Waals surface area contributed by atoms with Crippen LogP contribution in [0.25, 0.3) is 11.3 Å². The number of hydrogen-bond acceptors (Lipinski definition) is 10. The second kappa shape index (κ2) is 12.1. The zero-order valence-electron chi connectivity index (χ0n) is 20.2. The minimum atomic E-state index is -0.361. The van der Waals surface area contributed by atoms with E-state index in [2.05, 4.69) is 37.2 Å². The van der Waals surface area contributed by atoms with Crippen LogP contribution in [0.5, 0.6) is 11.5 Å². The summed E-state index contributed by atoms with van der Waals surface area (Å²) in [4.78, 5) is 17.4. The molecule has 0 spiro atoms. The molecule has 1 saturated heterocycles. The molecule has 2 N–H and O–H groups in total. The van der Waals surface area contributed by atoms with Gasteiger partial charge in [-0.05, 0) is 24.5 Å². The Hall–Kier alpha value is -3.60. The summed E-state index contributed by atoms with van der Waals surface area (Å²) in [6.07, 6.45) is 4.88. The average Bonchev–Trinajstić information content (AvgIpc) is 2.92. The zero-order valence-corrected chi connectivity index (χ0v) is 21.7. The number of rotatable bonds is 9. The number of pyridine rings is 1. The monoisotopic (exact) mass is 543 g/mol. The van der Waals surface area contributed by atoms with Crippen LogP contribution in [0.2, 0.25) is 10.0 Å². The van der Waals surface area contributed by atoms with Crippen molar-refractivity contribution in [3.05, 3.63) is 59.5 Å². The molecule has 3 heterocycles. The van der Waals surface area contributed by atoms with Gasteiger partial charge in [0.05, 0.1) is 44.3 Å². The van der Waals surface area contributed by atoms with Crippen LogP contribution < -0.4 is 25.2 Å². The molecule has 1 unspecified atom stereocenters. The van der Waals surface area contributed by atoms with Gasteiger partial charge in [0.1, 0.15) is 39.5 Å². The lowest BCUT2D eigenvalue weighted by atomic mass is 10.0. The van der Waals surface area contributed by atoms with Gasteiger partial charge in [-0.25, -0.2) is 15.0 Å². The van der Waals surface area contributed by atoms with E-state index in [4.69, 9.17) is 37.4 Å². The molecule has 0 radical (unpaired) electrons. The molecule has 2 atom stereocenters. The number of benzene rings is 1. The van der Waals surface area contributed by atoms with Gasteiger partial charge in [0.2, 0.25) is 0 Å². The molecular weight excluding hydrogens is 519 g/mol. The van der Waals surface area contributed by atoms with E-state index in [9.17, 15) is 5.11 Å². The van der Waals surface area contributed by atoms with Crippen molar-refractivity contribution in [3.8, 4) is 22.8 Å². The van der Waals surface area contributed by atoms with Crippen LogP contribution in [-0.4, -0.2) is 60.4 Å². The first-order valence-electron chi connectivity index (χ1n) is 11.3. The third kappa shape index (κ3) is 6.04. The normalized spacial score (nSPS) is 17.7. The lowest BCUT2D eigenvalue weighted by Crippen LogP contribution is -2.42. The van der Waals surface area contributed by atoms with E-state index in [1.54, 1.807) is 24.4 Å². The van der Waals surface area contributed by atoms with Crippen LogP contribution in [-0.2, 0) is 4.74 Å². The molecule has 12 heteroatoms. The summed E-state index contributed by atoms with van der Waals surface area (Å²) in [7, 11) is 3.00. The third-order valence-corrected chi connectivity index (χ3v) is 6.44. The summed E-state index contributed by atoms with van der Waals surface area (Å²) in [5.74, 6) is 1.42. The van der Waals surface area contributed by atoms with Crippen molar-refractivity contribution < 1.29 is 19.3 Å². The maximum atomic E-state index is 11.8. The lowest BCUT2D eigenvalue weighted by Gasteiger charge is -2.31. The van der Waals surface area contributed by atoms with E-state index in [-0.39, 0.29) is 28.0 Å². The fourth-order valence-corrected chi connectivity index (χ4v) is 4.43. The molecule has 0 saturated carbocycles. The summed E-state index contributed by atoms with van der Waals surface area (Å²) in [6.45, 7) is 4.40. The minimum absolute atomic E-state index is 0.242. The minimum Gasteiger partial charge on any atom is -0.859 e. The molecule has 1 aliphatic rings. The highest BCUT2D eigenvalue weighted by atomic mass is 35.5. The number of nitrogens with zero attached hydrogens (tertiary/aromatic N) is 4. The van der Waals surface area contributed by atoms with Gasteiger partial charge in [-0.1, -0.05) is 35.9 Å². The Morgan fingerprint density at radius 1 is 1.19 bits per heavy atom. The molecule has 1 fully saturated rings. The van der Waals surface area contributed by atoms with Crippen molar-refractivity contribution >= 4 is 46.4 Å². The molecule has 2 aromatic heterocycles. The number of halogens is 2. The Kier molecular flexibility index (Phi) is 8.65. The Bertz CT molecular complexity index is 1280. The average molecular weight is 544 g/mol. The summed E-state index contributed by atoms with van der Waals surface area (Å²) < 4.78 is 16.3. The van der Waals surface area contributed by atoms with Crippen LogP contribution in [0.15, 0.2) is 54.4 Å². The second-order valence-electron chi connectivity index (χ2n) is 7.95. The Morgan fingerprint density at radius 2 is 1.95 bits per heavy atom. The van der Waals surface area contributed by atoms with Gasteiger partial charge >= 0.3 is 0 Å². The highest BCUT2D eigenvalue weighted by Gasteiger charge is 2.26. The van der Waals surface area contributed by atoms with Crippen LogP contribution >= 0.6 is 23.2 Å². The first-order chi connectivity index (χ1) is 17.9. The van der Waals surface area contributed by atoms with E-state index in [1.165, 1.54) is 26.6 Å². The summed E-state index contributed by atoms with van der Waals surface area (Å²) in [5, 5.41) is 18.9. The van der Waals surface area contributed by atoms with Crippen LogP contribution in [0.3, 0.4) is 0 Å². The molecule has 0 bridgehead atoms. The molecule has 3 aromatic rings. The van der Waals surface area contributed by atoms with Gasteiger partial charge in [0.25, 0.3) is 0 Å². The van der Waals surface area contributed by atoms with Crippen LogP contribution in [0.1, 0.15) is 6.42 Å². The predicted molar refractivity (Wildman–Crippen MR) is 142 cm³/mol. The predicted octanol–water partition coefficient (Wildman–Crippen LogP) is 4.12. The van der Waals surface area contributed by atoms with Crippen molar-refractivity contribution in [2.75, 3.05) is 38.1 Å². The molecular formula is C25H25Cl2N6O4-. The number of methoxy groups -OCH3 is 2. The van der Waals surface area contributed by atoms with Crippen molar-refractivity contribution in [2.24, 2.45) is 4.99 Å². The number of nitrogens with one attached hydrogen (secondary N) is 2. The standard InChI is InChI=1S/C25H26Cl2N6O4/c1-4-21(34)32-15-7-9-37-12-17(15)31-20-10-16(29-13-30-20)14-6-5-8-28-25(14)33-24-22(26)18(35-2)11-19(36-3)23(24)27/h4-6,8,10-11,13,15,17H,1,7,9,12H2,2-3H3,(H,28,33)(H,32,34)(H,29,30,31)/p-1/t15?,17-/m1/s1. The molecule has 0 amide bonds. The van der Waals surface area contributed by atoms with E-state index in [0.717, 1.165) is 0 Å². The van der Waals surface area contributed by atoms with Crippen molar-refractivity contribution in [2.45, 2.75) is 18.5 Å². The van der Waals surface area contributed by atoms with Crippen molar-refractivity contribution in [3.63, 3.8) is 0 Å². The number of aromatic nitrogens is 3. The first-order valence-corrected chi connectivity index (χ1v) is 12.1. The molecule has 0 aliphatic carbocycles. The number of ether oxygens (including phenoxy) is 3. The van der Waals surface area contributed by atoms with E-state index in [0.29, 0.717) is 59.7 Å². The third-order valence-electron chi connectivity index (χ3n) is 5.69. The lowest BCUT2D eigenvalue weighted by molar-refractivity contribution is -0.212. The molecule has 4 rings (SSSR count). The quantitative estimate of drug-likeness (QED) is 0.302. The summed E-state index contributed by atoms with van der Waals surface area (Å²) in [6, 6.07) is 6.52. The molecule has 1 aliphatic heterocycles. The fraction of sp³-hybridized carbons (Fsp3) is 0.280. The summed E-state index contributed by atoms with van der Waals surface area (Å²) in [5.41, 5.74) is 1.63.